The summed E-state index contributed by atoms with van der Waals surface area (Å²) in [6.45, 7) is 7.10. The molecule has 0 aliphatic heterocycles. The molecule has 1 atom stereocenters. The summed E-state index contributed by atoms with van der Waals surface area (Å²) in [5, 5.41) is 3.33. The Morgan fingerprint density at radius 1 is 1.19 bits per heavy atom. The molecule has 112 valence electrons. The average molecular weight is 285 g/mol. The van der Waals surface area contributed by atoms with Gasteiger partial charge in [-0.05, 0) is 32.4 Å². The average Bonchev–Trinajstić information content (AvgIpc) is 2.52. The van der Waals surface area contributed by atoms with E-state index in [1.807, 2.05) is 30.3 Å². The van der Waals surface area contributed by atoms with E-state index in [1.54, 1.807) is 6.33 Å². The van der Waals surface area contributed by atoms with Crippen LogP contribution in [0, 0.1) is 0 Å². The van der Waals surface area contributed by atoms with Crippen LogP contribution in [-0.2, 0) is 0 Å². The van der Waals surface area contributed by atoms with Gasteiger partial charge in [0.15, 0.2) is 11.6 Å². The molecule has 5 heteroatoms. The standard InChI is InChI=1S/C16H23N5/c1-4-12(3)20-15-14(17)16(19-11-18-15)21(5-2)13-9-7-6-8-10-13/h6-12H,4-5,17H2,1-3H3,(H,18,19,20). The van der Waals surface area contributed by atoms with Crippen molar-refractivity contribution in [2.45, 2.75) is 33.2 Å². The Morgan fingerprint density at radius 3 is 2.52 bits per heavy atom. The molecule has 0 fully saturated rings. The Labute approximate surface area is 126 Å². The van der Waals surface area contributed by atoms with E-state index in [4.69, 9.17) is 5.73 Å². The smallest absolute Gasteiger partial charge is 0.161 e. The van der Waals surface area contributed by atoms with Gasteiger partial charge in [0.1, 0.15) is 12.0 Å². The highest BCUT2D eigenvalue weighted by Gasteiger charge is 2.16. The van der Waals surface area contributed by atoms with Crippen LogP contribution in [0.5, 0.6) is 0 Å². The molecule has 0 bridgehead atoms. The van der Waals surface area contributed by atoms with Crippen LogP contribution in [0.15, 0.2) is 36.7 Å². The third-order valence-electron chi connectivity index (χ3n) is 3.50. The molecule has 2 rings (SSSR count). The topological polar surface area (TPSA) is 67.1 Å². The number of anilines is 4. The normalized spacial score (nSPS) is 12.0. The Hall–Kier alpha value is -2.30. The Bertz CT molecular complexity index is 570. The van der Waals surface area contributed by atoms with E-state index in [0.29, 0.717) is 17.5 Å². The fourth-order valence-corrected chi connectivity index (χ4v) is 2.11. The van der Waals surface area contributed by atoms with Gasteiger partial charge in [0.25, 0.3) is 0 Å². The maximum absolute atomic E-state index is 6.27. The first kappa shape index (κ1) is 15.1. The van der Waals surface area contributed by atoms with E-state index < -0.39 is 0 Å². The minimum Gasteiger partial charge on any atom is -0.393 e. The van der Waals surface area contributed by atoms with Crippen molar-refractivity contribution < 1.29 is 0 Å². The Balaban J connectivity index is 2.36. The number of benzene rings is 1. The highest BCUT2D eigenvalue weighted by atomic mass is 15.2. The minimum absolute atomic E-state index is 0.321. The molecule has 0 saturated carbocycles. The molecule has 0 amide bonds. The summed E-state index contributed by atoms with van der Waals surface area (Å²) in [6.07, 6.45) is 2.57. The second kappa shape index (κ2) is 6.92. The molecule has 3 N–H and O–H groups in total. The van der Waals surface area contributed by atoms with Gasteiger partial charge in [-0.25, -0.2) is 9.97 Å². The lowest BCUT2D eigenvalue weighted by Gasteiger charge is -2.24. The highest BCUT2D eigenvalue weighted by molar-refractivity contribution is 5.79. The lowest BCUT2D eigenvalue weighted by Crippen LogP contribution is -2.21. The van der Waals surface area contributed by atoms with Gasteiger partial charge in [-0.1, -0.05) is 25.1 Å². The number of nitrogen functional groups attached to an aromatic ring is 1. The van der Waals surface area contributed by atoms with E-state index in [2.05, 4.69) is 41.0 Å². The molecule has 1 unspecified atom stereocenters. The molecule has 0 spiro atoms. The van der Waals surface area contributed by atoms with Crippen LogP contribution in [0.2, 0.25) is 0 Å². The van der Waals surface area contributed by atoms with Crippen LogP contribution in [0.25, 0.3) is 0 Å². The zero-order valence-corrected chi connectivity index (χ0v) is 12.9. The second-order valence-corrected chi connectivity index (χ2v) is 4.99. The van der Waals surface area contributed by atoms with E-state index in [9.17, 15) is 0 Å². The first-order valence-corrected chi connectivity index (χ1v) is 7.36. The lowest BCUT2D eigenvalue weighted by atomic mass is 10.2. The van der Waals surface area contributed by atoms with Crippen molar-refractivity contribution in [1.82, 2.24) is 9.97 Å². The fraction of sp³-hybridized carbons (Fsp3) is 0.375. The van der Waals surface area contributed by atoms with E-state index in [1.165, 1.54) is 0 Å². The number of hydrogen-bond acceptors (Lipinski definition) is 5. The maximum Gasteiger partial charge on any atom is 0.161 e. The summed E-state index contributed by atoms with van der Waals surface area (Å²) in [5.41, 5.74) is 7.93. The monoisotopic (exact) mass is 285 g/mol. The van der Waals surface area contributed by atoms with Crippen molar-refractivity contribution in [3.05, 3.63) is 36.7 Å². The largest absolute Gasteiger partial charge is 0.393 e. The predicted molar refractivity (Wildman–Crippen MR) is 88.9 cm³/mol. The summed E-state index contributed by atoms with van der Waals surface area (Å²) in [6, 6.07) is 10.4. The second-order valence-electron chi connectivity index (χ2n) is 4.99. The molecular formula is C16H23N5. The molecule has 0 aliphatic carbocycles. The van der Waals surface area contributed by atoms with E-state index >= 15 is 0 Å². The molecule has 1 aromatic carbocycles. The molecule has 2 aromatic rings. The maximum atomic E-state index is 6.27. The third-order valence-corrected chi connectivity index (χ3v) is 3.50. The predicted octanol–water partition coefficient (Wildman–Crippen LogP) is 3.43. The van der Waals surface area contributed by atoms with Crippen LogP contribution in [0.4, 0.5) is 23.0 Å². The van der Waals surface area contributed by atoms with Crippen LogP contribution in [-0.4, -0.2) is 22.6 Å². The molecule has 0 radical (unpaired) electrons. The number of nitrogens with one attached hydrogen (secondary N) is 1. The van der Waals surface area contributed by atoms with Gasteiger partial charge in [0, 0.05) is 18.3 Å². The van der Waals surface area contributed by atoms with E-state index in [0.717, 1.165) is 24.5 Å². The number of aromatic nitrogens is 2. The molecule has 5 nitrogen and oxygen atoms in total. The zero-order chi connectivity index (χ0) is 15.2. The Morgan fingerprint density at radius 2 is 1.90 bits per heavy atom. The van der Waals surface area contributed by atoms with Crippen molar-refractivity contribution in [2.75, 3.05) is 22.5 Å². The van der Waals surface area contributed by atoms with Crippen molar-refractivity contribution in [3.63, 3.8) is 0 Å². The third kappa shape index (κ3) is 3.42. The molecule has 0 aliphatic rings. The van der Waals surface area contributed by atoms with E-state index in [-0.39, 0.29) is 0 Å². The van der Waals surface area contributed by atoms with Crippen molar-refractivity contribution in [3.8, 4) is 0 Å². The quantitative estimate of drug-likeness (QED) is 0.851. The molecule has 21 heavy (non-hydrogen) atoms. The van der Waals surface area contributed by atoms with Gasteiger partial charge in [0.05, 0.1) is 0 Å². The van der Waals surface area contributed by atoms with Crippen LogP contribution < -0.4 is 16.0 Å². The fourth-order valence-electron chi connectivity index (χ4n) is 2.11. The molecule has 1 heterocycles. The zero-order valence-electron chi connectivity index (χ0n) is 12.9. The van der Waals surface area contributed by atoms with Crippen molar-refractivity contribution >= 4 is 23.0 Å². The first-order valence-electron chi connectivity index (χ1n) is 7.36. The van der Waals surface area contributed by atoms with Crippen molar-refractivity contribution in [1.29, 1.82) is 0 Å². The van der Waals surface area contributed by atoms with Gasteiger partial charge in [0.2, 0.25) is 0 Å². The number of rotatable bonds is 6. The summed E-state index contributed by atoms with van der Waals surface area (Å²) in [5.74, 6) is 1.44. The first-order chi connectivity index (χ1) is 10.2. The summed E-state index contributed by atoms with van der Waals surface area (Å²) < 4.78 is 0. The van der Waals surface area contributed by atoms with Gasteiger partial charge in [-0.3, -0.25) is 0 Å². The number of hydrogen-bond donors (Lipinski definition) is 2. The van der Waals surface area contributed by atoms with Crippen LogP contribution in [0.1, 0.15) is 27.2 Å². The van der Waals surface area contributed by atoms with Crippen LogP contribution in [0.3, 0.4) is 0 Å². The van der Waals surface area contributed by atoms with Gasteiger partial charge in [-0.15, -0.1) is 0 Å². The van der Waals surface area contributed by atoms with Gasteiger partial charge in [-0.2, -0.15) is 0 Å². The Kier molecular flexibility index (Phi) is 4.98. The SMILES string of the molecule is CCC(C)Nc1ncnc(N(CC)c2ccccc2)c1N. The number of nitrogens with zero attached hydrogens (tertiary/aromatic N) is 3. The molecule has 0 saturated heterocycles. The lowest BCUT2D eigenvalue weighted by molar-refractivity contribution is 0.758. The summed E-state index contributed by atoms with van der Waals surface area (Å²) in [7, 11) is 0. The van der Waals surface area contributed by atoms with Gasteiger partial charge >= 0.3 is 0 Å². The summed E-state index contributed by atoms with van der Waals surface area (Å²) >= 11 is 0. The molecular weight excluding hydrogens is 262 g/mol. The summed E-state index contributed by atoms with van der Waals surface area (Å²) in [4.78, 5) is 10.7. The number of nitrogens with two attached hydrogens (primary N) is 1. The van der Waals surface area contributed by atoms with Crippen LogP contribution >= 0.6 is 0 Å². The highest BCUT2D eigenvalue weighted by Crippen LogP contribution is 2.31. The number of para-hydroxylation sites is 1. The van der Waals surface area contributed by atoms with Gasteiger partial charge < -0.3 is 16.0 Å². The molecule has 1 aromatic heterocycles. The van der Waals surface area contributed by atoms with Crippen molar-refractivity contribution in [2.24, 2.45) is 0 Å². The minimum atomic E-state index is 0.321.